The minimum atomic E-state index is -1.15. The predicted molar refractivity (Wildman–Crippen MR) is 70.4 cm³/mol. The van der Waals surface area contributed by atoms with E-state index in [2.05, 4.69) is 5.32 Å². The van der Waals surface area contributed by atoms with Crippen molar-refractivity contribution in [2.75, 3.05) is 13.2 Å². The molecule has 6 nitrogen and oxygen atoms in total. The van der Waals surface area contributed by atoms with E-state index in [0.29, 0.717) is 6.42 Å². The molecule has 1 heterocycles. The van der Waals surface area contributed by atoms with Crippen LogP contribution in [0, 0.1) is 5.92 Å². The lowest BCUT2D eigenvalue weighted by Gasteiger charge is -2.25. The van der Waals surface area contributed by atoms with Crippen molar-refractivity contribution < 1.29 is 24.5 Å². The molecule has 2 rings (SSSR count). The fourth-order valence-corrected chi connectivity index (χ4v) is 2.17. The summed E-state index contributed by atoms with van der Waals surface area (Å²) < 4.78 is 5.50. The average molecular weight is 279 g/mol. The highest BCUT2D eigenvalue weighted by Gasteiger charge is 2.29. The third kappa shape index (κ3) is 3.27. The third-order valence-corrected chi connectivity index (χ3v) is 3.28. The molecule has 1 unspecified atom stereocenters. The van der Waals surface area contributed by atoms with Gasteiger partial charge in [-0.3, -0.25) is 4.79 Å². The summed E-state index contributed by atoms with van der Waals surface area (Å²) >= 11 is 0. The van der Waals surface area contributed by atoms with Crippen LogP contribution in [0.2, 0.25) is 0 Å². The smallest absolute Gasteiger partial charge is 0.326 e. The van der Waals surface area contributed by atoms with Crippen LogP contribution in [-0.2, 0) is 16.0 Å². The molecule has 2 atom stereocenters. The standard InChI is InChI=1S/C14H17NO5/c16-6-5-11(14(18)19)15-13(17)10-7-9-3-1-2-4-12(9)20-8-10/h1-4,10-11,16H,5-8H2,(H,15,17)(H,18,19)/t10?,11-/m0/s1. The van der Waals surface area contributed by atoms with Crippen molar-refractivity contribution in [3.8, 4) is 5.75 Å². The molecule has 1 amide bonds. The second kappa shape index (κ2) is 6.38. The molecule has 0 bridgehead atoms. The van der Waals surface area contributed by atoms with Crippen LogP contribution in [0.25, 0.3) is 0 Å². The number of carboxylic acids is 1. The minimum Gasteiger partial charge on any atom is -0.492 e. The first-order valence-corrected chi connectivity index (χ1v) is 6.46. The number of nitrogens with one attached hydrogen (secondary N) is 1. The second-order valence-electron chi connectivity index (χ2n) is 4.73. The van der Waals surface area contributed by atoms with Gasteiger partial charge in [0.15, 0.2) is 0 Å². The first kappa shape index (κ1) is 14.3. The molecule has 0 fully saturated rings. The zero-order chi connectivity index (χ0) is 14.5. The van der Waals surface area contributed by atoms with E-state index < -0.39 is 17.9 Å². The maximum atomic E-state index is 12.1. The largest absolute Gasteiger partial charge is 0.492 e. The van der Waals surface area contributed by atoms with Gasteiger partial charge in [0, 0.05) is 13.0 Å². The summed E-state index contributed by atoms with van der Waals surface area (Å²) in [5.74, 6) is -1.16. The zero-order valence-electron chi connectivity index (χ0n) is 10.9. The van der Waals surface area contributed by atoms with Crippen LogP contribution in [0.5, 0.6) is 5.75 Å². The van der Waals surface area contributed by atoms with Gasteiger partial charge in [-0.25, -0.2) is 4.79 Å². The van der Waals surface area contributed by atoms with E-state index in [1.54, 1.807) is 0 Å². The Morgan fingerprint density at radius 1 is 1.40 bits per heavy atom. The van der Waals surface area contributed by atoms with Crippen molar-refractivity contribution >= 4 is 11.9 Å². The highest BCUT2D eigenvalue weighted by Crippen LogP contribution is 2.26. The Morgan fingerprint density at radius 3 is 2.85 bits per heavy atom. The number of hydrogen-bond donors (Lipinski definition) is 3. The Labute approximate surface area is 116 Å². The number of para-hydroxylation sites is 1. The lowest BCUT2D eigenvalue weighted by Crippen LogP contribution is -2.46. The first-order valence-electron chi connectivity index (χ1n) is 6.46. The summed E-state index contributed by atoms with van der Waals surface area (Å²) in [6, 6.07) is 6.39. The molecule has 6 heteroatoms. The number of aliphatic hydroxyl groups is 1. The van der Waals surface area contributed by atoms with Crippen molar-refractivity contribution in [1.29, 1.82) is 0 Å². The predicted octanol–water partition coefficient (Wildman–Crippen LogP) is 0.190. The summed E-state index contributed by atoms with van der Waals surface area (Å²) in [4.78, 5) is 23.0. The molecule has 0 saturated heterocycles. The monoisotopic (exact) mass is 279 g/mol. The van der Waals surface area contributed by atoms with E-state index in [9.17, 15) is 9.59 Å². The topological polar surface area (TPSA) is 95.9 Å². The highest BCUT2D eigenvalue weighted by atomic mass is 16.5. The molecule has 0 aromatic heterocycles. The van der Waals surface area contributed by atoms with Crippen molar-refractivity contribution in [2.45, 2.75) is 18.9 Å². The summed E-state index contributed by atoms with van der Waals surface area (Å²) in [6.07, 6.45) is 0.513. The van der Waals surface area contributed by atoms with Crippen molar-refractivity contribution in [3.05, 3.63) is 29.8 Å². The Kier molecular flexibility index (Phi) is 4.57. The fourth-order valence-electron chi connectivity index (χ4n) is 2.17. The van der Waals surface area contributed by atoms with Crippen LogP contribution in [-0.4, -0.2) is 41.3 Å². The maximum Gasteiger partial charge on any atom is 0.326 e. The van der Waals surface area contributed by atoms with E-state index in [1.165, 1.54) is 0 Å². The highest BCUT2D eigenvalue weighted by molar-refractivity contribution is 5.85. The van der Waals surface area contributed by atoms with Crippen LogP contribution in [0.1, 0.15) is 12.0 Å². The molecule has 1 aromatic rings. The van der Waals surface area contributed by atoms with Gasteiger partial charge < -0.3 is 20.3 Å². The van der Waals surface area contributed by atoms with Crippen molar-refractivity contribution in [2.24, 2.45) is 5.92 Å². The second-order valence-corrected chi connectivity index (χ2v) is 4.73. The van der Waals surface area contributed by atoms with E-state index in [0.717, 1.165) is 11.3 Å². The van der Waals surface area contributed by atoms with Gasteiger partial charge in [-0.1, -0.05) is 18.2 Å². The van der Waals surface area contributed by atoms with Gasteiger partial charge in [0.1, 0.15) is 18.4 Å². The number of carbonyl (C=O) groups excluding carboxylic acids is 1. The average Bonchev–Trinajstić information content (AvgIpc) is 2.46. The number of carboxylic acid groups (broad SMARTS) is 1. The Morgan fingerprint density at radius 2 is 2.15 bits per heavy atom. The molecule has 1 aromatic carbocycles. The van der Waals surface area contributed by atoms with E-state index in [4.69, 9.17) is 14.9 Å². The SMILES string of the molecule is O=C(N[C@@H](CCO)C(=O)O)C1COc2ccccc2C1. The molecule has 0 radical (unpaired) electrons. The molecule has 1 aliphatic heterocycles. The number of carbonyl (C=O) groups is 2. The first-order chi connectivity index (χ1) is 9.61. The van der Waals surface area contributed by atoms with E-state index >= 15 is 0 Å². The normalized spacial score (nSPS) is 18.6. The van der Waals surface area contributed by atoms with Crippen molar-refractivity contribution in [1.82, 2.24) is 5.32 Å². The van der Waals surface area contributed by atoms with Crippen LogP contribution in [0.3, 0.4) is 0 Å². The summed E-state index contributed by atoms with van der Waals surface area (Å²) in [6.45, 7) is -0.0600. The van der Waals surface area contributed by atoms with Gasteiger partial charge in [0.2, 0.25) is 5.91 Å². The number of amides is 1. The number of ether oxygens (including phenoxy) is 1. The molecule has 0 spiro atoms. The Balaban J connectivity index is 1.99. The van der Waals surface area contributed by atoms with Crippen molar-refractivity contribution in [3.63, 3.8) is 0 Å². The van der Waals surface area contributed by atoms with Crippen LogP contribution in [0.15, 0.2) is 24.3 Å². The molecule has 0 saturated carbocycles. The Bertz CT molecular complexity index is 502. The molecule has 0 aliphatic carbocycles. The third-order valence-electron chi connectivity index (χ3n) is 3.28. The van der Waals surface area contributed by atoms with Crippen LogP contribution < -0.4 is 10.1 Å². The lowest BCUT2D eigenvalue weighted by molar-refractivity contribution is -0.143. The minimum absolute atomic E-state index is 0.00869. The number of aliphatic hydroxyl groups excluding tert-OH is 1. The van der Waals surface area contributed by atoms with Gasteiger partial charge in [-0.05, 0) is 18.1 Å². The molecule has 108 valence electrons. The molecular formula is C14H17NO5. The maximum absolute atomic E-state index is 12.1. The quantitative estimate of drug-likeness (QED) is 0.715. The Hall–Kier alpha value is -2.08. The summed E-state index contributed by atoms with van der Waals surface area (Å²) in [5, 5.41) is 20.2. The van der Waals surface area contributed by atoms with Gasteiger partial charge in [-0.15, -0.1) is 0 Å². The fraction of sp³-hybridized carbons (Fsp3) is 0.429. The van der Waals surface area contributed by atoms with Crippen LogP contribution >= 0.6 is 0 Å². The summed E-state index contributed by atoms with van der Waals surface area (Å²) in [7, 11) is 0. The van der Waals surface area contributed by atoms with E-state index in [1.807, 2.05) is 24.3 Å². The molecular weight excluding hydrogens is 262 g/mol. The number of benzene rings is 1. The molecule has 3 N–H and O–H groups in total. The summed E-state index contributed by atoms with van der Waals surface area (Å²) in [5.41, 5.74) is 0.938. The van der Waals surface area contributed by atoms with Gasteiger partial charge in [0.05, 0.1) is 5.92 Å². The molecule has 1 aliphatic rings. The van der Waals surface area contributed by atoms with Crippen LogP contribution in [0.4, 0.5) is 0 Å². The number of fused-ring (bicyclic) bond motifs is 1. The van der Waals surface area contributed by atoms with E-state index in [-0.39, 0.29) is 25.5 Å². The number of aliphatic carboxylic acids is 1. The zero-order valence-corrected chi connectivity index (χ0v) is 10.9. The lowest BCUT2D eigenvalue weighted by atomic mass is 9.95. The molecule has 20 heavy (non-hydrogen) atoms. The number of hydrogen-bond acceptors (Lipinski definition) is 4. The number of rotatable bonds is 5. The van der Waals surface area contributed by atoms with Gasteiger partial charge >= 0.3 is 5.97 Å². The van der Waals surface area contributed by atoms with Gasteiger partial charge in [-0.2, -0.15) is 0 Å². The van der Waals surface area contributed by atoms with Gasteiger partial charge in [0.25, 0.3) is 0 Å².